The summed E-state index contributed by atoms with van der Waals surface area (Å²) >= 11 is 1.73. The minimum Gasteiger partial charge on any atom is -0.496 e. The molecule has 0 aliphatic carbocycles. The Labute approximate surface area is 112 Å². The molecule has 0 spiro atoms. The van der Waals surface area contributed by atoms with Crippen molar-refractivity contribution in [2.45, 2.75) is 20.3 Å². The van der Waals surface area contributed by atoms with Crippen LogP contribution in [0, 0.1) is 13.8 Å². The van der Waals surface area contributed by atoms with E-state index in [1.807, 2.05) is 13.0 Å². The number of nitrogens with zero attached hydrogens (tertiary/aromatic N) is 1. The Hall–Kier alpha value is -1.39. The van der Waals surface area contributed by atoms with E-state index in [0.717, 1.165) is 28.4 Å². The maximum Gasteiger partial charge on any atom is 0.121 e. The molecule has 2 rings (SSSR count). The summed E-state index contributed by atoms with van der Waals surface area (Å²) in [6.07, 6.45) is 0.848. The van der Waals surface area contributed by atoms with E-state index in [1.54, 1.807) is 18.4 Å². The maximum atomic E-state index is 5.57. The number of hydrogen-bond acceptors (Lipinski definition) is 4. The highest BCUT2D eigenvalue weighted by Gasteiger charge is 2.10. The third-order valence-corrected chi connectivity index (χ3v) is 4.12. The van der Waals surface area contributed by atoms with Crippen molar-refractivity contribution in [3.05, 3.63) is 34.5 Å². The van der Waals surface area contributed by atoms with Gasteiger partial charge in [-0.05, 0) is 49.7 Å². The van der Waals surface area contributed by atoms with Crippen LogP contribution >= 0.6 is 11.3 Å². The summed E-state index contributed by atoms with van der Waals surface area (Å²) in [6.45, 7) is 4.75. The molecule has 0 aliphatic heterocycles. The molecule has 0 bridgehead atoms. The van der Waals surface area contributed by atoms with Gasteiger partial charge in [-0.15, -0.1) is 11.3 Å². The van der Waals surface area contributed by atoms with Gasteiger partial charge in [0.15, 0.2) is 0 Å². The Bertz CT molecular complexity index is 549. The van der Waals surface area contributed by atoms with Crippen molar-refractivity contribution in [1.82, 2.24) is 4.98 Å². The third-order valence-electron chi connectivity index (χ3n) is 2.86. The minimum atomic E-state index is 0.647. The average Bonchev–Trinajstić information content (AvgIpc) is 2.71. The van der Waals surface area contributed by atoms with E-state index in [9.17, 15) is 0 Å². The molecule has 0 unspecified atom stereocenters. The molecule has 0 atom stereocenters. The summed E-state index contributed by atoms with van der Waals surface area (Å²) in [4.78, 5) is 5.78. The topological polar surface area (TPSA) is 48.1 Å². The van der Waals surface area contributed by atoms with Crippen molar-refractivity contribution < 1.29 is 4.74 Å². The first-order chi connectivity index (χ1) is 8.65. The summed E-state index contributed by atoms with van der Waals surface area (Å²) in [5.74, 6) is 0.920. The van der Waals surface area contributed by atoms with Crippen molar-refractivity contribution in [3.63, 3.8) is 0 Å². The molecule has 1 aromatic heterocycles. The Morgan fingerprint density at radius 1 is 1.33 bits per heavy atom. The number of thiazole rings is 1. The first kappa shape index (κ1) is 13.1. The van der Waals surface area contributed by atoms with Crippen LogP contribution in [0.5, 0.6) is 5.75 Å². The summed E-state index contributed by atoms with van der Waals surface area (Å²) in [7, 11) is 1.69. The molecular weight excluding hydrogens is 244 g/mol. The quantitative estimate of drug-likeness (QED) is 0.921. The van der Waals surface area contributed by atoms with Gasteiger partial charge < -0.3 is 10.5 Å². The second-order valence-electron chi connectivity index (χ2n) is 4.25. The lowest BCUT2D eigenvalue weighted by molar-refractivity contribution is 0.412. The normalized spacial score (nSPS) is 10.7. The molecule has 0 radical (unpaired) electrons. The highest BCUT2D eigenvalue weighted by atomic mass is 32.1. The molecule has 18 heavy (non-hydrogen) atoms. The fourth-order valence-corrected chi connectivity index (χ4v) is 3.05. The lowest BCUT2D eigenvalue weighted by Gasteiger charge is -2.06. The van der Waals surface area contributed by atoms with Crippen LogP contribution in [0.1, 0.15) is 16.3 Å². The Morgan fingerprint density at radius 3 is 2.72 bits per heavy atom. The fraction of sp³-hybridized carbons (Fsp3) is 0.357. The zero-order valence-electron chi connectivity index (χ0n) is 11.0. The molecule has 0 aliphatic rings. The molecule has 0 amide bonds. The standard InChI is InChI=1S/C14H18N2OS/c1-9-8-11(4-5-12(9)17-3)14-10(2)16-13(18-14)6-7-15/h4-5,8H,6-7,15H2,1-3H3. The monoisotopic (exact) mass is 262 g/mol. The van der Waals surface area contributed by atoms with Crippen LogP contribution in [-0.4, -0.2) is 18.6 Å². The van der Waals surface area contributed by atoms with Crippen LogP contribution < -0.4 is 10.5 Å². The van der Waals surface area contributed by atoms with Gasteiger partial charge in [0.05, 0.1) is 22.7 Å². The molecular formula is C14H18N2OS. The molecule has 3 nitrogen and oxygen atoms in total. The molecule has 1 heterocycles. The minimum absolute atomic E-state index is 0.647. The molecule has 96 valence electrons. The maximum absolute atomic E-state index is 5.57. The van der Waals surface area contributed by atoms with Gasteiger partial charge in [0, 0.05) is 6.42 Å². The van der Waals surface area contributed by atoms with Crippen molar-refractivity contribution in [2.75, 3.05) is 13.7 Å². The van der Waals surface area contributed by atoms with Crippen LogP contribution in [0.3, 0.4) is 0 Å². The van der Waals surface area contributed by atoms with E-state index in [0.29, 0.717) is 6.54 Å². The van der Waals surface area contributed by atoms with Gasteiger partial charge in [0.2, 0.25) is 0 Å². The smallest absolute Gasteiger partial charge is 0.121 e. The zero-order valence-corrected chi connectivity index (χ0v) is 11.8. The number of hydrogen-bond donors (Lipinski definition) is 1. The van der Waals surface area contributed by atoms with Gasteiger partial charge in [-0.2, -0.15) is 0 Å². The molecule has 0 fully saturated rings. The number of benzene rings is 1. The van der Waals surface area contributed by atoms with E-state index < -0.39 is 0 Å². The number of nitrogens with two attached hydrogens (primary N) is 1. The van der Waals surface area contributed by atoms with Crippen LogP contribution in [0.25, 0.3) is 10.4 Å². The second-order valence-corrected chi connectivity index (χ2v) is 5.33. The predicted octanol–water partition coefficient (Wildman–Crippen LogP) is 2.94. The molecule has 4 heteroatoms. The van der Waals surface area contributed by atoms with E-state index in [4.69, 9.17) is 10.5 Å². The van der Waals surface area contributed by atoms with Gasteiger partial charge >= 0.3 is 0 Å². The van der Waals surface area contributed by atoms with E-state index in [1.165, 1.54) is 10.4 Å². The first-order valence-electron chi connectivity index (χ1n) is 5.97. The lowest BCUT2D eigenvalue weighted by atomic mass is 10.1. The molecule has 1 aromatic carbocycles. The molecule has 0 saturated heterocycles. The molecule has 2 aromatic rings. The Kier molecular flexibility index (Phi) is 3.99. The van der Waals surface area contributed by atoms with Crippen molar-refractivity contribution in [1.29, 1.82) is 0 Å². The SMILES string of the molecule is COc1ccc(-c2sc(CCN)nc2C)cc1C. The van der Waals surface area contributed by atoms with Crippen LogP contribution in [0.4, 0.5) is 0 Å². The largest absolute Gasteiger partial charge is 0.496 e. The number of ether oxygens (including phenoxy) is 1. The van der Waals surface area contributed by atoms with Crippen molar-refractivity contribution in [2.24, 2.45) is 5.73 Å². The summed E-state index contributed by atoms with van der Waals surface area (Å²) in [5, 5.41) is 1.11. The number of rotatable bonds is 4. The van der Waals surface area contributed by atoms with E-state index >= 15 is 0 Å². The third kappa shape index (κ3) is 2.54. The Balaban J connectivity index is 2.39. The average molecular weight is 262 g/mol. The summed E-state index contributed by atoms with van der Waals surface area (Å²) in [6, 6.07) is 6.23. The number of aromatic nitrogens is 1. The summed E-state index contributed by atoms with van der Waals surface area (Å²) < 4.78 is 5.28. The van der Waals surface area contributed by atoms with Crippen LogP contribution in [-0.2, 0) is 6.42 Å². The van der Waals surface area contributed by atoms with Gasteiger partial charge in [-0.25, -0.2) is 4.98 Å². The van der Waals surface area contributed by atoms with Gasteiger partial charge in [-0.3, -0.25) is 0 Å². The van der Waals surface area contributed by atoms with Crippen LogP contribution in [0.2, 0.25) is 0 Å². The highest BCUT2D eigenvalue weighted by molar-refractivity contribution is 7.15. The highest BCUT2D eigenvalue weighted by Crippen LogP contribution is 2.32. The first-order valence-corrected chi connectivity index (χ1v) is 6.78. The van der Waals surface area contributed by atoms with Gasteiger partial charge in [0.25, 0.3) is 0 Å². The molecule has 2 N–H and O–H groups in total. The second kappa shape index (κ2) is 5.50. The Morgan fingerprint density at radius 2 is 2.11 bits per heavy atom. The predicted molar refractivity (Wildman–Crippen MR) is 76.3 cm³/mol. The zero-order chi connectivity index (χ0) is 13.1. The van der Waals surface area contributed by atoms with E-state index in [-0.39, 0.29) is 0 Å². The summed E-state index contributed by atoms with van der Waals surface area (Å²) in [5.41, 5.74) is 8.99. The van der Waals surface area contributed by atoms with Gasteiger partial charge in [0.1, 0.15) is 5.75 Å². The molecule has 0 saturated carbocycles. The number of aryl methyl sites for hydroxylation is 2. The van der Waals surface area contributed by atoms with Crippen LogP contribution in [0.15, 0.2) is 18.2 Å². The lowest BCUT2D eigenvalue weighted by Crippen LogP contribution is -2.01. The van der Waals surface area contributed by atoms with E-state index in [2.05, 4.69) is 24.0 Å². The fourth-order valence-electron chi connectivity index (χ4n) is 1.97. The van der Waals surface area contributed by atoms with Crippen molar-refractivity contribution in [3.8, 4) is 16.2 Å². The van der Waals surface area contributed by atoms with Gasteiger partial charge in [-0.1, -0.05) is 0 Å². The van der Waals surface area contributed by atoms with Crippen molar-refractivity contribution >= 4 is 11.3 Å². The number of methoxy groups -OCH3 is 1.